The summed E-state index contributed by atoms with van der Waals surface area (Å²) in [6.45, 7) is 7.37. The quantitative estimate of drug-likeness (QED) is 0.813. The fraction of sp³-hybridized carbons (Fsp3) is 0.625. The van der Waals surface area contributed by atoms with Crippen LogP contribution in [0.3, 0.4) is 0 Å². The molecule has 0 aromatic heterocycles. The standard InChI is InChI=1S/C16H23NO2/c1-13-2-4-15(5-3-13)19-16-10-17(11-16)8-6-14-7-9-18-12-14/h2-5,14,16H,6-12H2,1H3. The van der Waals surface area contributed by atoms with Gasteiger partial charge in [-0.2, -0.15) is 0 Å². The largest absolute Gasteiger partial charge is 0.488 e. The van der Waals surface area contributed by atoms with Crippen LogP contribution >= 0.6 is 0 Å². The van der Waals surface area contributed by atoms with Gasteiger partial charge in [0.2, 0.25) is 0 Å². The fourth-order valence-electron chi connectivity index (χ4n) is 2.77. The monoisotopic (exact) mass is 261 g/mol. The van der Waals surface area contributed by atoms with E-state index < -0.39 is 0 Å². The number of ether oxygens (including phenoxy) is 2. The number of benzene rings is 1. The van der Waals surface area contributed by atoms with E-state index in [9.17, 15) is 0 Å². The third kappa shape index (κ3) is 3.48. The molecule has 2 heterocycles. The van der Waals surface area contributed by atoms with Crippen molar-refractivity contribution in [2.45, 2.75) is 25.9 Å². The van der Waals surface area contributed by atoms with Crippen molar-refractivity contribution in [3.05, 3.63) is 29.8 Å². The minimum atomic E-state index is 0.377. The molecule has 2 fully saturated rings. The zero-order valence-electron chi connectivity index (χ0n) is 11.7. The Morgan fingerprint density at radius 3 is 2.74 bits per heavy atom. The molecule has 3 rings (SSSR count). The van der Waals surface area contributed by atoms with E-state index in [-0.39, 0.29) is 0 Å². The van der Waals surface area contributed by atoms with Gasteiger partial charge in [0.15, 0.2) is 0 Å². The first-order chi connectivity index (χ1) is 9.29. The predicted octanol–water partition coefficient (Wildman–Crippen LogP) is 2.48. The lowest BCUT2D eigenvalue weighted by molar-refractivity contribution is 0.0164. The van der Waals surface area contributed by atoms with Gasteiger partial charge in [-0.3, -0.25) is 4.90 Å². The predicted molar refractivity (Wildman–Crippen MR) is 75.6 cm³/mol. The fourth-order valence-corrected chi connectivity index (χ4v) is 2.77. The van der Waals surface area contributed by atoms with Crippen molar-refractivity contribution < 1.29 is 9.47 Å². The Hall–Kier alpha value is -1.06. The molecule has 0 saturated carbocycles. The van der Waals surface area contributed by atoms with E-state index in [0.29, 0.717) is 6.10 Å². The minimum Gasteiger partial charge on any atom is -0.488 e. The molecule has 2 aliphatic heterocycles. The van der Waals surface area contributed by atoms with Crippen LogP contribution in [-0.2, 0) is 4.74 Å². The van der Waals surface area contributed by atoms with E-state index in [2.05, 4.69) is 36.1 Å². The smallest absolute Gasteiger partial charge is 0.124 e. The van der Waals surface area contributed by atoms with E-state index in [1.54, 1.807) is 0 Å². The van der Waals surface area contributed by atoms with Gasteiger partial charge >= 0.3 is 0 Å². The Bertz CT molecular complexity index is 392. The van der Waals surface area contributed by atoms with E-state index in [1.807, 2.05) is 0 Å². The van der Waals surface area contributed by atoms with Crippen molar-refractivity contribution in [3.8, 4) is 5.75 Å². The van der Waals surface area contributed by atoms with Crippen LogP contribution in [0.15, 0.2) is 24.3 Å². The lowest BCUT2D eigenvalue weighted by Gasteiger charge is -2.39. The molecular formula is C16H23NO2. The Balaban J connectivity index is 1.34. The number of hydrogen-bond acceptors (Lipinski definition) is 3. The first-order valence-electron chi connectivity index (χ1n) is 7.33. The molecule has 3 heteroatoms. The van der Waals surface area contributed by atoms with Crippen LogP contribution < -0.4 is 4.74 Å². The minimum absolute atomic E-state index is 0.377. The molecule has 0 N–H and O–H groups in total. The third-order valence-corrected chi connectivity index (χ3v) is 4.12. The van der Waals surface area contributed by atoms with Gasteiger partial charge in [0, 0.05) is 26.3 Å². The Morgan fingerprint density at radius 1 is 1.26 bits per heavy atom. The van der Waals surface area contributed by atoms with E-state index >= 15 is 0 Å². The SMILES string of the molecule is Cc1ccc(OC2CN(CCC3CCOC3)C2)cc1. The molecule has 1 unspecified atom stereocenters. The Kier molecular flexibility index (Phi) is 4.04. The number of hydrogen-bond donors (Lipinski definition) is 0. The Labute approximate surface area is 115 Å². The lowest BCUT2D eigenvalue weighted by Crippen LogP contribution is -2.54. The van der Waals surface area contributed by atoms with Crippen LogP contribution in [0, 0.1) is 12.8 Å². The molecule has 1 aromatic carbocycles. The summed E-state index contributed by atoms with van der Waals surface area (Å²) in [5, 5.41) is 0. The highest BCUT2D eigenvalue weighted by Crippen LogP contribution is 2.21. The first kappa shape index (κ1) is 12.9. The van der Waals surface area contributed by atoms with E-state index in [0.717, 1.165) is 38.0 Å². The van der Waals surface area contributed by atoms with Crippen molar-refractivity contribution >= 4 is 0 Å². The molecule has 104 valence electrons. The van der Waals surface area contributed by atoms with Crippen molar-refractivity contribution in [2.24, 2.45) is 5.92 Å². The summed E-state index contributed by atoms with van der Waals surface area (Å²) in [6, 6.07) is 8.33. The van der Waals surface area contributed by atoms with Gasteiger partial charge in [0.25, 0.3) is 0 Å². The molecular weight excluding hydrogens is 238 g/mol. The zero-order chi connectivity index (χ0) is 13.1. The average molecular weight is 261 g/mol. The molecule has 2 aliphatic rings. The second kappa shape index (κ2) is 5.93. The number of likely N-dealkylation sites (tertiary alicyclic amines) is 1. The van der Waals surface area contributed by atoms with Crippen molar-refractivity contribution in [1.82, 2.24) is 4.90 Å². The molecule has 1 aromatic rings. The van der Waals surface area contributed by atoms with Crippen LogP contribution in [0.2, 0.25) is 0 Å². The van der Waals surface area contributed by atoms with Gasteiger partial charge in [-0.25, -0.2) is 0 Å². The average Bonchev–Trinajstić information content (AvgIpc) is 2.87. The maximum absolute atomic E-state index is 5.94. The van der Waals surface area contributed by atoms with Gasteiger partial charge in [-0.15, -0.1) is 0 Å². The molecule has 0 radical (unpaired) electrons. The van der Waals surface area contributed by atoms with Crippen LogP contribution in [0.4, 0.5) is 0 Å². The molecule has 0 aliphatic carbocycles. The van der Waals surface area contributed by atoms with Gasteiger partial charge in [0.1, 0.15) is 11.9 Å². The summed E-state index contributed by atoms with van der Waals surface area (Å²) in [4.78, 5) is 2.48. The molecule has 0 bridgehead atoms. The summed E-state index contributed by atoms with van der Waals surface area (Å²) in [6.07, 6.45) is 2.90. The van der Waals surface area contributed by atoms with E-state index in [4.69, 9.17) is 9.47 Å². The number of aryl methyl sites for hydroxylation is 1. The first-order valence-corrected chi connectivity index (χ1v) is 7.33. The van der Waals surface area contributed by atoms with Crippen LogP contribution in [0.5, 0.6) is 5.75 Å². The number of rotatable bonds is 5. The second-order valence-corrected chi connectivity index (χ2v) is 5.83. The second-order valence-electron chi connectivity index (χ2n) is 5.83. The Morgan fingerprint density at radius 2 is 2.05 bits per heavy atom. The lowest BCUT2D eigenvalue weighted by atomic mass is 10.0. The van der Waals surface area contributed by atoms with Gasteiger partial charge in [-0.05, 0) is 44.4 Å². The highest BCUT2D eigenvalue weighted by Gasteiger charge is 2.29. The summed E-state index contributed by atoms with van der Waals surface area (Å²) in [7, 11) is 0. The summed E-state index contributed by atoms with van der Waals surface area (Å²) >= 11 is 0. The molecule has 1 atom stereocenters. The summed E-state index contributed by atoms with van der Waals surface area (Å²) < 4.78 is 11.3. The van der Waals surface area contributed by atoms with Crippen molar-refractivity contribution in [1.29, 1.82) is 0 Å². The highest BCUT2D eigenvalue weighted by atomic mass is 16.5. The molecule has 0 spiro atoms. The molecule has 0 amide bonds. The maximum Gasteiger partial charge on any atom is 0.124 e. The van der Waals surface area contributed by atoms with Gasteiger partial charge in [-0.1, -0.05) is 17.7 Å². The van der Waals surface area contributed by atoms with Gasteiger partial charge < -0.3 is 9.47 Å². The van der Waals surface area contributed by atoms with Crippen molar-refractivity contribution in [2.75, 3.05) is 32.8 Å². The van der Waals surface area contributed by atoms with Crippen LogP contribution in [-0.4, -0.2) is 43.9 Å². The molecule has 19 heavy (non-hydrogen) atoms. The maximum atomic E-state index is 5.94. The van der Waals surface area contributed by atoms with Crippen LogP contribution in [0.25, 0.3) is 0 Å². The van der Waals surface area contributed by atoms with Gasteiger partial charge in [0.05, 0.1) is 0 Å². The molecule has 3 nitrogen and oxygen atoms in total. The topological polar surface area (TPSA) is 21.7 Å². The third-order valence-electron chi connectivity index (χ3n) is 4.12. The normalized spacial score (nSPS) is 24.4. The summed E-state index contributed by atoms with van der Waals surface area (Å²) in [5.41, 5.74) is 1.28. The summed E-state index contributed by atoms with van der Waals surface area (Å²) in [5.74, 6) is 1.79. The van der Waals surface area contributed by atoms with Crippen molar-refractivity contribution in [3.63, 3.8) is 0 Å². The molecule has 2 saturated heterocycles. The number of nitrogens with zero attached hydrogens (tertiary/aromatic N) is 1. The zero-order valence-corrected chi connectivity index (χ0v) is 11.7. The van der Waals surface area contributed by atoms with Crippen LogP contribution in [0.1, 0.15) is 18.4 Å². The van der Waals surface area contributed by atoms with E-state index in [1.165, 1.54) is 24.9 Å². The highest BCUT2D eigenvalue weighted by molar-refractivity contribution is 5.26.